The average molecular weight is 318 g/mol. The van der Waals surface area contributed by atoms with Gasteiger partial charge in [-0.15, -0.1) is 0 Å². The van der Waals surface area contributed by atoms with E-state index in [4.69, 9.17) is 32.8 Å². The van der Waals surface area contributed by atoms with Crippen LogP contribution in [0.2, 0.25) is 5.02 Å². The van der Waals surface area contributed by atoms with E-state index in [-0.39, 0.29) is 0 Å². The lowest BCUT2D eigenvalue weighted by molar-refractivity contribution is 0.386. The predicted molar refractivity (Wildman–Crippen MR) is 81.3 cm³/mol. The zero-order valence-electron chi connectivity index (χ0n) is 22.1. The Hall–Kier alpha value is -2.20. The summed E-state index contributed by atoms with van der Waals surface area (Å²) in [6.45, 7) is 0. The second kappa shape index (κ2) is 5.30. The molecule has 3 rings (SSSR count). The van der Waals surface area contributed by atoms with E-state index in [9.17, 15) is 4.39 Å². The topological polar surface area (TPSA) is 23.4 Å². The summed E-state index contributed by atoms with van der Waals surface area (Å²) < 4.78 is 118. The standard InChI is InChI=1S/C16H13ClFNO2/c1-20-14-6-4-12(17)16-11(14)7-8-19(16)10-3-5-15(21-2)13(18)9-10/h3-9H,1-2H3/i1D3,2D2,3D,4D,5D,6D,7D,8D,9D. The fourth-order valence-electron chi connectivity index (χ4n) is 1.74. The molecule has 0 saturated heterocycles. The fraction of sp³-hybridized carbons (Fsp3) is 0.125. The van der Waals surface area contributed by atoms with Crippen LogP contribution in [0.5, 0.6) is 11.5 Å². The average Bonchev–Trinajstić information content (AvgIpc) is 2.96. The van der Waals surface area contributed by atoms with Gasteiger partial charge in [-0.2, -0.15) is 0 Å². The van der Waals surface area contributed by atoms with Crippen molar-refractivity contribution in [3.8, 4) is 17.2 Å². The first-order valence-corrected chi connectivity index (χ1v) is 5.77. The van der Waals surface area contributed by atoms with Gasteiger partial charge in [0.05, 0.1) is 41.1 Å². The molecule has 0 fully saturated rings. The summed E-state index contributed by atoms with van der Waals surface area (Å²) >= 11 is 6.17. The van der Waals surface area contributed by atoms with Gasteiger partial charge in [-0.3, -0.25) is 0 Å². The molecule has 0 aliphatic carbocycles. The summed E-state index contributed by atoms with van der Waals surface area (Å²) in [4.78, 5) is 0. The number of fused-ring (bicyclic) bond motifs is 1. The molecule has 0 atom stereocenters. The lowest BCUT2D eigenvalue weighted by Gasteiger charge is -2.10. The van der Waals surface area contributed by atoms with Crippen molar-refractivity contribution in [2.45, 2.75) is 0 Å². The molecule has 0 aliphatic rings. The molecular formula is C16H13ClFNO2. The monoisotopic (exact) mass is 317 g/mol. The Morgan fingerprint density at radius 2 is 2.05 bits per heavy atom. The molecular weight excluding hydrogens is 293 g/mol. The SMILES string of the molecule is [2H]c1c([2H])c(-n2c([2H])c([2H])c3c(OC([2H])([2H])[2H])c([2H])c([2H])c(Cl)c32)c([2H])c(F)c1OC([2H])[2H]. The Labute approximate surface area is 143 Å². The van der Waals surface area contributed by atoms with Crippen LogP contribution in [-0.4, -0.2) is 18.7 Å². The van der Waals surface area contributed by atoms with Crippen LogP contribution >= 0.6 is 11.6 Å². The number of hydrogen-bond acceptors (Lipinski definition) is 2. The molecule has 5 heteroatoms. The molecule has 0 N–H and O–H groups in total. The third-order valence-corrected chi connectivity index (χ3v) is 2.91. The van der Waals surface area contributed by atoms with Gasteiger partial charge >= 0.3 is 0 Å². The number of methoxy groups -OCH3 is 2. The van der Waals surface area contributed by atoms with Crippen LogP contribution in [-0.2, 0) is 0 Å². The number of benzene rings is 2. The van der Waals surface area contributed by atoms with Gasteiger partial charge in [-0.05, 0) is 30.2 Å². The molecule has 0 bridgehead atoms. The molecule has 3 aromatic rings. The molecule has 0 radical (unpaired) electrons. The second-order valence-corrected chi connectivity index (χ2v) is 4.15. The van der Waals surface area contributed by atoms with E-state index in [1.54, 1.807) is 0 Å². The third-order valence-electron chi connectivity index (χ3n) is 2.64. The summed E-state index contributed by atoms with van der Waals surface area (Å²) in [5.41, 5.74) is -1.23. The highest BCUT2D eigenvalue weighted by Gasteiger charge is 2.13. The number of aromatic nitrogens is 1. The maximum Gasteiger partial charge on any atom is 0.167 e. The summed E-state index contributed by atoms with van der Waals surface area (Å²) in [6.07, 6.45) is -0.819. The van der Waals surface area contributed by atoms with Gasteiger partial charge in [0.2, 0.25) is 0 Å². The molecule has 0 amide bonds. The molecule has 21 heavy (non-hydrogen) atoms. The first kappa shape index (κ1) is 5.54. The van der Waals surface area contributed by atoms with Gasteiger partial charge in [-0.1, -0.05) is 11.6 Å². The van der Waals surface area contributed by atoms with Crippen molar-refractivity contribution in [1.82, 2.24) is 4.57 Å². The zero-order chi connectivity index (χ0) is 25.2. The molecule has 1 aromatic heterocycles. The van der Waals surface area contributed by atoms with Crippen LogP contribution < -0.4 is 9.47 Å². The highest BCUT2D eigenvalue weighted by Crippen LogP contribution is 2.34. The summed E-state index contributed by atoms with van der Waals surface area (Å²) in [5, 5.41) is -1.06. The van der Waals surface area contributed by atoms with Crippen molar-refractivity contribution < 1.29 is 30.3 Å². The van der Waals surface area contributed by atoms with Crippen molar-refractivity contribution >= 4 is 22.5 Å². The van der Waals surface area contributed by atoms with Crippen molar-refractivity contribution in [3.05, 3.63) is 53.3 Å². The van der Waals surface area contributed by atoms with Gasteiger partial charge in [0, 0.05) is 23.3 Å². The molecule has 0 saturated carbocycles. The number of halogens is 2. The van der Waals surface area contributed by atoms with Crippen molar-refractivity contribution in [3.63, 3.8) is 0 Å². The van der Waals surface area contributed by atoms with E-state index >= 15 is 0 Å². The van der Waals surface area contributed by atoms with Crippen LogP contribution in [0.25, 0.3) is 16.6 Å². The van der Waals surface area contributed by atoms with Crippen LogP contribution in [0, 0.1) is 5.82 Å². The highest BCUT2D eigenvalue weighted by molar-refractivity contribution is 6.35. The van der Waals surface area contributed by atoms with Crippen LogP contribution in [0.1, 0.15) is 16.4 Å². The smallest absolute Gasteiger partial charge is 0.167 e. The van der Waals surface area contributed by atoms with E-state index < -0.39 is 95.5 Å². The van der Waals surface area contributed by atoms with E-state index in [1.807, 2.05) is 0 Å². The first-order chi connectivity index (χ1) is 15.1. The Morgan fingerprint density at radius 1 is 1.19 bits per heavy atom. The number of nitrogens with zero attached hydrogens (tertiary/aromatic N) is 1. The molecule has 3 nitrogen and oxygen atoms in total. The first-order valence-electron chi connectivity index (χ1n) is 11.6. The number of rotatable bonds is 3. The molecule has 2 aromatic carbocycles. The number of ether oxygens (including phenoxy) is 2. The largest absolute Gasteiger partial charge is 0.496 e. The number of hydrogen-bond donors (Lipinski definition) is 0. The summed E-state index contributed by atoms with van der Waals surface area (Å²) in [7, 11) is -5.17. The van der Waals surface area contributed by atoms with Gasteiger partial charge in [0.15, 0.2) is 11.6 Å². The van der Waals surface area contributed by atoms with Crippen molar-refractivity contribution in [1.29, 1.82) is 0 Å². The Bertz CT molecular complexity index is 1260. The zero-order valence-corrected chi connectivity index (χ0v) is 10.9. The second-order valence-electron chi connectivity index (χ2n) is 3.78. The fourth-order valence-corrected chi connectivity index (χ4v) is 1.97. The van der Waals surface area contributed by atoms with Crippen molar-refractivity contribution in [2.75, 3.05) is 14.1 Å². The normalized spacial score (nSPS) is 19.8. The molecule has 0 spiro atoms. The lowest BCUT2D eigenvalue weighted by Crippen LogP contribution is -1.96. The summed E-state index contributed by atoms with van der Waals surface area (Å²) in [6, 6.07) is -5.25. The van der Waals surface area contributed by atoms with E-state index in [2.05, 4.69) is 4.74 Å². The van der Waals surface area contributed by atoms with Gasteiger partial charge in [0.1, 0.15) is 5.75 Å². The van der Waals surface area contributed by atoms with Crippen LogP contribution in [0.15, 0.2) is 42.4 Å². The van der Waals surface area contributed by atoms with Crippen molar-refractivity contribution in [2.24, 2.45) is 0 Å². The minimum Gasteiger partial charge on any atom is -0.496 e. The van der Waals surface area contributed by atoms with Gasteiger partial charge in [-0.25, -0.2) is 4.39 Å². The third kappa shape index (κ3) is 2.21. The quantitative estimate of drug-likeness (QED) is 0.713. The maximum absolute atomic E-state index is 14.8. The predicted octanol–water partition coefficient (Wildman–Crippen LogP) is 4.44. The van der Waals surface area contributed by atoms with E-state index in [0.29, 0.717) is 4.57 Å². The highest BCUT2D eigenvalue weighted by atomic mass is 35.5. The maximum atomic E-state index is 14.8. The van der Waals surface area contributed by atoms with Crippen LogP contribution in [0.3, 0.4) is 0 Å². The van der Waals surface area contributed by atoms with Gasteiger partial charge < -0.3 is 14.0 Å². The Balaban J connectivity index is 2.52. The van der Waals surface area contributed by atoms with E-state index in [0.717, 1.165) is 0 Å². The molecule has 0 aliphatic heterocycles. The molecule has 1 heterocycles. The molecule has 108 valence electrons. The van der Waals surface area contributed by atoms with E-state index in [1.165, 1.54) is 0 Å². The minimum atomic E-state index is -3.11. The Kier molecular flexibility index (Phi) is 1.40. The minimum absolute atomic E-state index is 0.472. The Morgan fingerprint density at radius 3 is 2.86 bits per heavy atom. The molecule has 0 unspecified atom stereocenters. The van der Waals surface area contributed by atoms with Gasteiger partial charge in [0.25, 0.3) is 0 Å². The lowest BCUT2D eigenvalue weighted by atomic mass is 10.2. The summed E-state index contributed by atoms with van der Waals surface area (Å²) in [5.74, 6) is -3.31. The van der Waals surface area contributed by atoms with Crippen LogP contribution in [0.4, 0.5) is 4.39 Å².